The summed E-state index contributed by atoms with van der Waals surface area (Å²) >= 11 is 0. The summed E-state index contributed by atoms with van der Waals surface area (Å²) < 4.78 is 12.8. The molecule has 0 spiro atoms. The molecule has 1 aliphatic rings. The zero-order valence-corrected chi connectivity index (χ0v) is 18.5. The molecule has 0 bridgehead atoms. The van der Waals surface area contributed by atoms with Gasteiger partial charge in [-0.25, -0.2) is 0 Å². The topological polar surface area (TPSA) is 82.2 Å². The number of ether oxygens (including phenoxy) is 1. The molecule has 4 aromatic rings. The van der Waals surface area contributed by atoms with Crippen LogP contribution in [0.15, 0.2) is 71.5 Å². The molecule has 1 aliphatic carbocycles. The van der Waals surface area contributed by atoms with E-state index < -0.39 is 0 Å². The van der Waals surface area contributed by atoms with Gasteiger partial charge in [0.1, 0.15) is 11.5 Å². The van der Waals surface area contributed by atoms with E-state index in [4.69, 9.17) is 9.26 Å². The number of anilines is 1. The Morgan fingerprint density at radius 3 is 2.79 bits per heavy atom. The summed E-state index contributed by atoms with van der Waals surface area (Å²) in [5, 5.41) is 11.4. The number of benzene rings is 2. The van der Waals surface area contributed by atoms with Crippen LogP contribution >= 0.6 is 0 Å². The van der Waals surface area contributed by atoms with Crippen molar-refractivity contribution in [1.29, 1.82) is 0 Å². The lowest BCUT2D eigenvalue weighted by Gasteiger charge is -2.21. The number of hydrogen-bond donors (Lipinski definition) is 1. The Hall–Kier alpha value is -3.87. The number of fused-ring (bicyclic) bond motifs is 1. The number of amides is 1. The lowest BCUT2D eigenvalue weighted by atomic mass is 9.82. The van der Waals surface area contributed by atoms with Crippen LogP contribution in [0.5, 0.6) is 5.75 Å². The molecule has 168 valence electrons. The van der Waals surface area contributed by atoms with Crippen LogP contribution in [0.4, 0.5) is 5.69 Å². The van der Waals surface area contributed by atoms with Gasteiger partial charge in [-0.3, -0.25) is 9.48 Å². The summed E-state index contributed by atoms with van der Waals surface area (Å²) in [6, 6.07) is 18.3. The molecule has 0 aliphatic heterocycles. The fourth-order valence-corrected chi connectivity index (χ4v) is 4.34. The van der Waals surface area contributed by atoms with E-state index in [0.29, 0.717) is 30.5 Å². The maximum Gasteiger partial charge on any atom is 0.278 e. The van der Waals surface area contributed by atoms with Crippen molar-refractivity contribution in [2.75, 3.05) is 11.9 Å². The molecule has 0 fully saturated rings. The first-order valence-corrected chi connectivity index (χ1v) is 11.3. The van der Waals surface area contributed by atoms with Gasteiger partial charge in [-0.2, -0.15) is 5.10 Å². The van der Waals surface area contributed by atoms with Gasteiger partial charge in [0.25, 0.3) is 5.91 Å². The van der Waals surface area contributed by atoms with Crippen molar-refractivity contribution in [1.82, 2.24) is 14.9 Å². The summed E-state index contributed by atoms with van der Waals surface area (Å²) in [5.41, 5.74) is 4.28. The Morgan fingerprint density at radius 2 is 2.00 bits per heavy atom. The van der Waals surface area contributed by atoms with Crippen LogP contribution in [0, 0.1) is 0 Å². The third-order valence-electron chi connectivity index (χ3n) is 6.00. The summed E-state index contributed by atoms with van der Waals surface area (Å²) in [6.45, 7) is 3.20. The van der Waals surface area contributed by atoms with Gasteiger partial charge in [0, 0.05) is 18.2 Å². The molecule has 0 saturated carbocycles. The quantitative estimate of drug-likeness (QED) is 0.443. The number of nitrogens with zero attached hydrogens (tertiary/aromatic N) is 3. The van der Waals surface area contributed by atoms with Crippen molar-refractivity contribution in [3.05, 3.63) is 95.1 Å². The van der Waals surface area contributed by atoms with Crippen molar-refractivity contribution in [3.8, 4) is 5.75 Å². The van der Waals surface area contributed by atoms with E-state index in [-0.39, 0.29) is 5.91 Å². The number of carbonyl (C=O) groups excluding carboxylic acids is 1. The van der Waals surface area contributed by atoms with E-state index in [1.807, 2.05) is 43.5 Å². The minimum atomic E-state index is -0.269. The SMILES string of the molecule is CCOc1ccc(Cn2cc(NC(=O)c3noc4c3CC(c3ccccc3)CC4)cn2)cc1. The average Bonchev–Trinajstić information content (AvgIpc) is 3.47. The molecule has 2 aromatic heterocycles. The summed E-state index contributed by atoms with van der Waals surface area (Å²) in [7, 11) is 0. The number of rotatable bonds is 7. The highest BCUT2D eigenvalue weighted by Gasteiger charge is 2.29. The first kappa shape index (κ1) is 21.0. The number of carbonyl (C=O) groups is 1. The predicted molar refractivity (Wildman–Crippen MR) is 125 cm³/mol. The standard InChI is InChI=1S/C26H26N4O3/c1-2-32-22-11-8-18(9-12-22)16-30-17-21(15-27-30)28-26(31)25-23-14-20(10-13-24(23)33-29-25)19-6-4-3-5-7-19/h3-9,11-12,15,17,20H,2,10,13-14,16H2,1H3,(H,28,31). The van der Waals surface area contributed by atoms with Crippen LogP contribution in [0.3, 0.4) is 0 Å². The first-order chi connectivity index (χ1) is 16.2. The molecule has 0 saturated heterocycles. The van der Waals surface area contributed by atoms with E-state index in [2.05, 4.69) is 39.8 Å². The van der Waals surface area contributed by atoms with Crippen molar-refractivity contribution in [3.63, 3.8) is 0 Å². The zero-order chi connectivity index (χ0) is 22.6. The molecule has 5 rings (SSSR count). The second-order valence-electron chi connectivity index (χ2n) is 8.24. The molecular formula is C26H26N4O3. The van der Waals surface area contributed by atoms with Crippen LogP contribution in [0.2, 0.25) is 0 Å². The smallest absolute Gasteiger partial charge is 0.278 e. The van der Waals surface area contributed by atoms with E-state index in [9.17, 15) is 4.79 Å². The lowest BCUT2D eigenvalue weighted by molar-refractivity contribution is 0.101. The molecule has 0 radical (unpaired) electrons. The molecule has 1 unspecified atom stereocenters. The minimum Gasteiger partial charge on any atom is -0.494 e. The monoisotopic (exact) mass is 442 g/mol. The highest BCUT2D eigenvalue weighted by Crippen LogP contribution is 2.34. The zero-order valence-electron chi connectivity index (χ0n) is 18.5. The van der Waals surface area contributed by atoms with Crippen LogP contribution in [-0.4, -0.2) is 27.5 Å². The van der Waals surface area contributed by atoms with Gasteiger partial charge in [0.05, 0.1) is 25.0 Å². The summed E-state index contributed by atoms with van der Waals surface area (Å²) in [5.74, 6) is 1.76. The largest absolute Gasteiger partial charge is 0.494 e. The maximum atomic E-state index is 13.0. The summed E-state index contributed by atoms with van der Waals surface area (Å²) in [6.07, 6.45) is 5.99. The first-order valence-electron chi connectivity index (χ1n) is 11.3. The van der Waals surface area contributed by atoms with Gasteiger partial charge >= 0.3 is 0 Å². The van der Waals surface area contributed by atoms with E-state index in [1.165, 1.54) is 5.56 Å². The Morgan fingerprint density at radius 1 is 1.18 bits per heavy atom. The van der Waals surface area contributed by atoms with Gasteiger partial charge in [-0.05, 0) is 48.9 Å². The molecule has 7 nitrogen and oxygen atoms in total. The molecule has 2 heterocycles. The third kappa shape index (κ3) is 4.67. The minimum absolute atomic E-state index is 0.269. The van der Waals surface area contributed by atoms with Crippen molar-refractivity contribution in [2.45, 2.75) is 38.6 Å². The molecule has 33 heavy (non-hydrogen) atoms. The van der Waals surface area contributed by atoms with Gasteiger partial charge in [-0.1, -0.05) is 47.6 Å². The average molecular weight is 443 g/mol. The van der Waals surface area contributed by atoms with Crippen LogP contribution in [0.1, 0.15) is 52.2 Å². The molecular weight excluding hydrogens is 416 g/mol. The van der Waals surface area contributed by atoms with Crippen molar-refractivity contribution < 1.29 is 14.1 Å². The van der Waals surface area contributed by atoms with Crippen molar-refractivity contribution in [2.24, 2.45) is 0 Å². The Balaban J connectivity index is 1.25. The number of aromatic nitrogens is 3. The fraction of sp³-hybridized carbons (Fsp3) is 0.269. The molecule has 7 heteroatoms. The molecule has 1 atom stereocenters. The number of hydrogen-bond acceptors (Lipinski definition) is 5. The predicted octanol–water partition coefficient (Wildman–Crippen LogP) is 4.84. The Bertz CT molecular complexity index is 1230. The van der Waals surface area contributed by atoms with Crippen molar-refractivity contribution >= 4 is 11.6 Å². The highest BCUT2D eigenvalue weighted by molar-refractivity contribution is 6.03. The van der Waals surface area contributed by atoms with E-state index in [0.717, 1.165) is 41.9 Å². The second kappa shape index (κ2) is 9.32. The maximum absolute atomic E-state index is 13.0. The summed E-state index contributed by atoms with van der Waals surface area (Å²) in [4.78, 5) is 13.0. The Kier molecular flexibility index (Phi) is 5.93. The number of aryl methyl sites for hydroxylation is 1. The normalized spacial score (nSPS) is 15.1. The lowest BCUT2D eigenvalue weighted by Crippen LogP contribution is -2.18. The van der Waals surface area contributed by atoms with Gasteiger partial charge in [0.15, 0.2) is 5.69 Å². The third-order valence-corrected chi connectivity index (χ3v) is 6.00. The fourth-order valence-electron chi connectivity index (χ4n) is 4.34. The highest BCUT2D eigenvalue weighted by atomic mass is 16.5. The van der Waals surface area contributed by atoms with E-state index in [1.54, 1.807) is 10.9 Å². The number of nitrogens with one attached hydrogen (secondary N) is 1. The molecule has 1 amide bonds. The Labute approximate surface area is 192 Å². The molecule has 2 aromatic carbocycles. The van der Waals surface area contributed by atoms with Gasteiger partial charge in [-0.15, -0.1) is 0 Å². The van der Waals surface area contributed by atoms with E-state index >= 15 is 0 Å². The van der Waals surface area contributed by atoms with Crippen LogP contribution in [0.25, 0.3) is 0 Å². The van der Waals surface area contributed by atoms with Gasteiger partial charge in [0.2, 0.25) is 0 Å². The van der Waals surface area contributed by atoms with Crippen LogP contribution < -0.4 is 10.1 Å². The van der Waals surface area contributed by atoms with Gasteiger partial charge < -0.3 is 14.6 Å². The van der Waals surface area contributed by atoms with Crippen LogP contribution in [-0.2, 0) is 19.4 Å². The second-order valence-corrected chi connectivity index (χ2v) is 8.24. The molecule has 1 N–H and O–H groups in total.